The van der Waals surface area contributed by atoms with Crippen LogP contribution in [0, 0.1) is 5.92 Å². The molecule has 1 rings (SSSR count). The first-order chi connectivity index (χ1) is 7.90. The summed E-state index contributed by atoms with van der Waals surface area (Å²) >= 11 is 0. The second kappa shape index (κ2) is 6.35. The number of rotatable bonds is 4. The van der Waals surface area contributed by atoms with Crippen molar-refractivity contribution in [3.8, 4) is 0 Å². The number of hydrogen-bond acceptors (Lipinski definition) is 4. The minimum atomic E-state index is -3.02. The van der Waals surface area contributed by atoms with Gasteiger partial charge in [0.1, 0.15) is 9.84 Å². The van der Waals surface area contributed by atoms with Crippen LogP contribution >= 0.6 is 0 Å². The van der Waals surface area contributed by atoms with Crippen molar-refractivity contribution >= 4 is 15.7 Å². The molecule has 3 N–H and O–H groups in total. The van der Waals surface area contributed by atoms with E-state index < -0.39 is 9.84 Å². The summed E-state index contributed by atoms with van der Waals surface area (Å²) in [6.07, 6.45) is 6.08. The van der Waals surface area contributed by atoms with E-state index in [4.69, 9.17) is 5.73 Å². The summed E-state index contributed by atoms with van der Waals surface area (Å²) in [5, 5.41) is 2.67. The number of sulfone groups is 1. The molecule has 0 aromatic rings. The Bertz CT molecular complexity index is 354. The molecular weight excluding hydrogens is 240 g/mol. The number of hydrogen-bond donors (Lipinski definition) is 2. The maximum Gasteiger partial charge on any atom is 0.224 e. The van der Waals surface area contributed by atoms with Crippen LogP contribution in [0.3, 0.4) is 0 Å². The molecule has 1 saturated carbocycles. The highest BCUT2D eigenvalue weighted by atomic mass is 32.2. The zero-order chi connectivity index (χ0) is 12.9. The Labute approximate surface area is 103 Å². The van der Waals surface area contributed by atoms with E-state index in [2.05, 4.69) is 5.32 Å². The normalized spacial score (nSPS) is 26.2. The van der Waals surface area contributed by atoms with Gasteiger partial charge in [-0.15, -0.1) is 0 Å². The number of carbonyl (C=O) groups excluding carboxylic acids is 1. The predicted octanol–water partition coefficient (Wildman–Crippen LogP) is 0.0548. The highest BCUT2D eigenvalue weighted by Gasteiger charge is 2.26. The summed E-state index contributed by atoms with van der Waals surface area (Å²) in [6.45, 7) is 0.181. The Morgan fingerprint density at radius 1 is 1.29 bits per heavy atom. The number of amides is 1. The van der Waals surface area contributed by atoms with Crippen LogP contribution in [0.1, 0.15) is 32.1 Å². The summed E-state index contributed by atoms with van der Waals surface area (Å²) in [7, 11) is -3.02. The molecule has 6 heteroatoms. The van der Waals surface area contributed by atoms with Crippen LogP contribution < -0.4 is 11.1 Å². The van der Waals surface area contributed by atoms with Gasteiger partial charge in [-0.1, -0.05) is 19.3 Å². The summed E-state index contributed by atoms with van der Waals surface area (Å²) in [5.74, 6) is -0.263. The van der Waals surface area contributed by atoms with Gasteiger partial charge in [0, 0.05) is 18.8 Å². The van der Waals surface area contributed by atoms with Gasteiger partial charge < -0.3 is 11.1 Å². The molecule has 0 spiro atoms. The zero-order valence-electron chi connectivity index (χ0n) is 10.3. The Kier molecular flexibility index (Phi) is 5.39. The van der Waals surface area contributed by atoms with E-state index in [0.29, 0.717) is 0 Å². The first kappa shape index (κ1) is 14.4. The summed E-state index contributed by atoms with van der Waals surface area (Å²) in [5.41, 5.74) is 5.96. The molecule has 0 aromatic heterocycles. The largest absolute Gasteiger partial charge is 0.355 e. The second-order valence-electron chi connectivity index (χ2n) is 4.83. The van der Waals surface area contributed by atoms with E-state index >= 15 is 0 Å². The van der Waals surface area contributed by atoms with Crippen molar-refractivity contribution in [1.82, 2.24) is 5.32 Å². The lowest BCUT2D eigenvalue weighted by Gasteiger charge is -2.20. The lowest BCUT2D eigenvalue weighted by Crippen LogP contribution is -2.42. The fraction of sp³-hybridized carbons (Fsp3) is 0.909. The molecule has 0 aromatic carbocycles. The van der Waals surface area contributed by atoms with Gasteiger partial charge in [0.25, 0.3) is 0 Å². The standard InChI is InChI=1S/C11H22N2O3S/c1-17(15,16)8-7-13-11(14)9-5-3-2-4-6-10(9)12/h9-10H,2-8,12H2,1H3,(H,13,14). The topological polar surface area (TPSA) is 89.3 Å². The highest BCUT2D eigenvalue weighted by Crippen LogP contribution is 2.22. The molecule has 2 atom stereocenters. The molecule has 1 fully saturated rings. The summed E-state index contributed by atoms with van der Waals surface area (Å²) in [4.78, 5) is 11.9. The summed E-state index contributed by atoms with van der Waals surface area (Å²) < 4.78 is 21.9. The van der Waals surface area contributed by atoms with E-state index in [1.807, 2.05) is 0 Å². The van der Waals surface area contributed by atoms with Gasteiger partial charge in [-0.2, -0.15) is 0 Å². The van der Waals surface area contributed by atoms with E-state index in [1.165, 1.54) is 0 Å². The Balaban J connectivity index is 2.40. The van der Waals surface area contributed by atoms with E-state index in [1.54, 1.807) is 0 Å². The minimum absolute atomic E-state index is 0.0132. The van der Waals surface area contributed by atoms with Crippen molar-refractivity contribution < 1.29 is 13.2 Å². The zero-order valence-corrected chi connectivity index (χ0v) is 11.1. The van der Waals surface area contributed by atoms with E-state index in [-0.39, 0.29) is 30.2 Å². The van der Waals surface area contributed by atoms with Gasteiger partial charge in [0.05, 0.1) is 11.7 Å². The lowest BCUT2D eigenvalue weighted by atomic mass is 9.95. The van der Waals surface area contributed by atoms with Gasteiger partial charge in [0.15, 0.2) is 0 Å². The molecule has 0 bridgehead atoms. The molecule has 2 unspecified atom stereocenters. The van der Waals surface area contributed by atoms with Crippen LogP contribution in [0.2, 0.25) is 0 Å². The van der Waals surface area contributed by atoms with Crippen molar-refractivity contribution in [1.29, 1.82) is 0 Å². The Hall–Kier alpha value is -0.620. The van der Waals surface area contributed by atoms with Crippen LogP contribution in [0.5, 0.6) is 0 Å². The fourth-order valence-electron chi connectivity index (χ4n) is 2.15. The van der Waals surface area contributed by atoms with Gasteiger partial charge in [-0.05, 0) is 12.8 Å². The third kappa shape index (κ3) is 5.50. The molecule has 1 aliphatic rings. The number of nitrogens with two attached hydrogens (primary N) is 1. The molecule has 100 valence electrons. The van der Waals surface area contributed by atoms with Gasteiger partial charge in [-0.25, -0.2) is 8.42 Å². The van der Waals surface area contributed by atoms with Crippen LogP contribution in [-0.2, 0) is 14.6 Å². The van der Waals surface area contributed by atoms with Crippen LogP contribution in [-0.4, -0.2) is 38.9 Å². The quantitative estimate of drug-likeness (QED) is 0.701. The first-order valence-electron chi connectivity index (χ1n) is 6.11. The van der Waals surface area contributed by atoms with Crippen molar-refractivity contribution in [2.75, 3.05) is 18.6 Å². The van der Waals surface area contributed by atoms with Crippen molar-refractivity contribution in [3.63, 3.8) is 0 Å². The van der Waals surface area contributed by atoms with Crippen molar-refractivity contribution in [2.45, 2.75) is 38.1 Å². The lowest BCUT2D eigenvalue weighted by molar-refractivity contribution is -0.125. The first-order valence-corrected chi connectivity index (χ1v) is 8.17. The van der Waals surface area contributed by atoms with E-state index in [9.17, 15) is 13.2 Å². The van der Waals surface area contributed by atoms with Crippen molar-refractivity contribution in [3.05, 3.63) is 0 Å². The minimum Gasteiger partial charge on any atom is -0.355 e. The van der Waals surface area contributed by atoms with Gasteiger partial charge in [0.2, 0.25) is 5.91 Å². The smallest absolute Gasteiger partial charge is 0.224 e. The number of nitrogens with one attached hydrogen (secondary N) is 1. The predicted molar refractivity (Wildman–Crippen MR) is 67.3 cm³/mol. The molecule has 5 nitrogen and oxygen atoms in total. The second-order valence-corrected chi connectivity index (χ2v) is 7.09. The molecular formula is C11H22N2O3S. The molecule has 1 amide bonds. The molecule has 1 aliphatic carbocycles. The maximum atomic E-state index is 11.9. The third-order valence-corrected chi connectivity index (χ3v) is 4.12. The molecule has 17 heavy (non-hydrogen) atoms. The molecule has 0 heterocycles. The molecule has 0 radical (unpaired) electrons. The maximum absolute atomic E-state index is 11.9. The summed E-state index contributed by atoms with van der Waals surface area (Å²) in [6, 6.07) is -0.0873. The van der Waals surface area contributed by atoms with Crippen LogP contribution in [0.4, 0.5) is 0 Å². The fourth-order valence-corrected chi connectivity index (χ4v) is 2.63. The highest BCUT2D eigenvalue weighted by molar-refractivity contribution is 7.90. The van der Waals surface area contributed by atoms with Crippen molar-refractivity contribution in [2.24, 2.45) is 11.7 Å². The van der Waals surface area contributed by atoms with Crippen LogP contribution in [0.15, 0.2) is 0 Å². The SMILES string of the molecule is CS(=O)(=O)CCNC(=O)C1CCCCCC1N. The van der Waals surface area contributed by atoms with Gasteiger partial charge >= 0.3 is 0 Å². The molecule has 0 saturated heterocycles. The third-order valence-electron chi connectivity index (χ3n) is 3.18. The average Bonchev–Trinajstić information content (AvgIpc) is 2.40. The Morgan fingerprint density at radius 2 is 1.94 bits per heavy atom. The Morgan fingerprint density at radius 3 is 2.59 bits per heavy atom. The monoisotopic (exact) mass is 262 g/mol. The van der Waals surface area contributed by atoms with Gasteiger partial charge in [-0.3, -0.25) is 4.79 Å². The number of carbonyl (C=O) groups is 1. The average molecular weight is 262 g/mol. The van der Waals surface area contributed by atoms with Crippen LogP contribution in [0.25, 0.3) is 0 Å². The van der Waals surface area contributed by atoms with E-state index in [0.717, 1.165) is 38.4 Å². The molecule has 0 aliphatic heterocycles.